The van der Waals surface area contributed by atoms with Gasteiger partial charge in [0.2, 0.25) is 0 Å². The predicted octanol–water partition coefficient (Wildman–Crippen LogP) is 5.62. The largest absolute Gasteiger partial charge is 0.573 e. The van der Waals surface area contributed by atoms with E-state index in [1.165, 1.54) is 24.3 Å². The average Bonchev–Trinajstić information content (AvgIpc) is 3.29. The summed E-state index contributed by atoms with van der Waals surface area (Å²) in [4.78, 5) is 21.2. The highest BCUT2D eigenvalue weighted by Crippen LogP contribution is 2.29. The SMILES string of the molecule is O=C(N[C@@H](CO)Cc1c[nH]c2ccccc12)c1cc(-c2ccc(OC(F)(F)F)cc2)nc2ccccc12. The van der Waals surface area contributed by atoms with Crippen LogP contribution >= 0.6 is 0 Å². The lowest BCUT2D eigenvalue weighted by atomic mass is 10.0. The molecular formula is C28H22F3N3O3. The molecule has 1 amide bonds. The molecule has 0 aliphatic carbocycles. The maximum atomic E-state index is 13.4. The maximum absolute atomic E-state index is 13.4. The number of pyridine rings is 1. The van der Waals surface area contributed by atoms with Gasteiger partial charge in [-0.3, -0.25) is 4.79 Å². The number of rotatable bonds is 7. The number of amides is 1. The highest BCUT2D eigenvalue weighted by Gasteiger charge is 2.31. The fraction of sp³-hybridized carbons (Fsp3) is 0.143. The molecule has 0 bridgehead atoms. The van der Waals surface area contributed by atoms with Crippen molar-refractivity contribution < 1.29 is 27.8 Å². The normalized spacial score (nSPS) is 12.5. The third-order valence-corrected chi connectivity index (χ3v) is 6.04. The van der Waals surface area contributed by atoms with Crippen molar-refractivity contribution in [1.82, 2.24) is 15.3 Å². The topological polar surface area (TPSA) is 87.2 Å². The van der Waals surface area contributed by atoms with E-state index in [-0.39, 0.29) is 12.4 Å². The summed E-state index contributed by atoms with van der Waals surface area (Å²) in [5, 5.41) is 14.6. The number of alkyl halides is 3. The third kappa shape index (κ3) is 5.41. The molecule has 3 aromatic carbocycles. The molecule has 9 heteroatoms. The van der Waals surface area contributed by atoms with Crippen LogP contribution in [0.25, 0.3) is 33.1 Å². The zero-order chi connectivity index (χ0) is 26.0. The van der Waals surface area contributed by atoms with Crippen LogP contribution in [0.15, 0.2) is 85.1 Å². The van der Waals surface area contributed by atoms with Crippen molar-refractivity contribution in [3.63, 3.8) is 0 Å². The number of aromatic amines is 1. The molecule has 2 aromatic heterocycles. The molecule has 2 heterocycles. The summed E-state index contributed by atoms with van der Waals surface area (Å²) >= 11 is 0. The van der Waals surface area contributed by atoms with E-state index in [9.17, 15) is 23.1 Å². The number of carbonyl (C=O) groups is 1. The number of H-pyrrole nitrogens is 1. The summed E-state index contributed by atoms with van der Waals surface area (Å²) < 4.78 is 41.5. The number of para-hydroxylation sites is 2. The highest BCUT2D eigenvalue weighted by molar-refractivity contribution is 6.07. The van der Waals surface area contributed by atoms with E-state index in [1.807, 2.05) is 30.5 Å². The Labute approximate surface area is 209 Å². The van der Waals surface area contributed by atoms with Crippen LogP contribution in [0.2, 0.25) is 0 Å². The number of aromatic nitrogens is 2. The minimum absolute atomic E-state index is 0.262. The number of hydrogen-bond acceptors (Lipinski definition) is 4. The Hall–Kier alpha value is -4.37. The Kier molecular flexibility index (Phi) is 6.54. The van der Waals surface area contributed by atoms with E-state index < -0.39 is 18.3 Å². The second-order valence-electron chi connectivity index (χ2n) is 8.56. The molecule has 0 saturated heterocycles. The van der Waals surface area contributed by atoms with E-state index in [4.69, 9.17) is 0 Å². The Morgan fingerprint density at radius 3 is 2.43 bits per heavy atom. The number of hydrogen-bond donors (Lipinski definition) is 3. The number of nitrogens with zero attached hydrogens (tertiary/aromatic N) is 1. The zero-order valence-corrected chi connectivity index (χ0v) is 19.4. The maximum Gasteiger partial charge on any atom is 0.573 e. The molecule has 3 N–H and O–H groups in total. The second kappa shape index (κ2) is 9.94. The van der Waals surface area contributed by atoms with Gasteiger partial charge in [-0.15, -0.1) is 13.2 Å². The quantitative estimate of drug-likeness (QED) is 0.268. The Morgan fingerprint density at radius 1 is 1.00 bits per heavy atom. The fourth-order valence-corrected chi connectivity index (χ4v) is 4.33. The third-order valence-electron chi connectivity index (χ3n) is 6.04. The van der Waals surface area contributed by atoms with Gasteiger partial charge >= 0.3 is 6.36 Å². The molecule has 0 radical (unpaired) electrons. The first-order chi connectivity index (χ1) is 17.8. The number of benzene rings is 3. The number of aliphatic hydroxyl groups is 1. The minimum atomic E-state index is -4.79. The first kappa shape index (κ1) is 24.3. The Balaban J connectivity index is 1.43. The first-order valence-corrected chi connectivity index (χ1v) is 11.5. The molecule has 188 valence electrons. The van der Waals surface area contributed by atoms with Gasteiger partial charge in [0.25, 0.3) is 5.91 Å². The Morgan fingerprint density at radius 2 is 1.70 bits per heavy atom. The molecule has 37 heavy (non-hydrogen) atoms. The standard InChI is InChI=1S/C28H22F3N3O3/c29-28(30,31)37-20-11-9-17(10-12-20)26-14-23(22-6-2-4-8-25(22)34-26)27(36)33-19(16-35)13-18-15-32-24-7-3-1-5-21(18)24/h1-12,14-15,19,32,35H,13,16H2,(H,33,36)/t19-/m1/s1. The lowest BCUT2D eigenvalue weighted by molar-refractivity contribution is -0.274. The summed E-state index contributed by atoms with van der Waals surface area (Å²) in [6.45, 7) is -0.262. The number of halogens is 3. The smallest absolute Gasteiger partial charge is 0.406 e. The molecule has 0 aliphatic heterocycles. The lowest BCUT2D eigenvalue weighted by Crippen LogP contribution is -2.39. The number of fused-ring (bicyclic) bond motifs is 2. The van der Waals surface area contributed by atoms with Gasteiger partial charge in [-0.1, -0.05) is 36.4 Å². The summed E-state index contributed by atoms with van der Waals surface area (Å²) in [6, 6.07) is 21.2. The van der Waals surface area contributed by atoms with E-state index in [0.29, 0.717) is 34.1 Å². The van der Waals surface area contributed by atoms with Gasteiger partial charge in [0, 0.05) is 28.0 Å². The second-order valence-corrected chi connectivity index (χ2v) is 8.56. The van der Waals surface area contributed by atoms with Gasteiger partial charge in [-0.05, 0) is 54.4 Å². The summed E-state index contributed by atoms with van der Waals surface area (Å²) in [7, 11) is 0. The molecule has 0 aliphatic rings. The number of ether oxygens (including phenoxy) is 1. The van der Waals surface area contributed by atoms with E-state index in [0.717, 1.165) is 16.5 Å². The van der Waals surface area contributed by atoms with Gasteiger partial charge in [-0.2, -0.15) is 0 Å². The molecule has 5 aromatic rings. The zero-order valence-electron chi connectivity index (χ0n) is 19.4. The molecular weight excluding hydrogens is 483 g/mol. The van der Waals surface area contributed by atoms with E-state index in [2.05, 4.69) is 20.0 Å². The van der Waals surface area contributed by atoms with Crippen LogP contribution in [0.4, 0.5) is 13.2 Å². The highest BCUT2D eigenvalue weighted by atomic mass is 19.4. The number of aliphatic hydroxyl groups excluding tert-OH is 1. The fourth-order valence-electron chi connectivity index (χ4n) is 4.33. The van der Waals surface area contributed by atoms with Crippen LogP contribution < -0.4 is 10.1 Å². The van der Waals surface area contributed by atoms with E-state index >= 15 is 0 Å². The van der Waals surface area contributed by atoms with Crippen molar-refractivity contribution in [1.29, 1.82) is 0 Å². The van der Waals surface area contributed by atoms with Crippen LogP contribution in [0.5, 0.6) is 5.75 Å². The minimum Gasteiger partial charge on any atom is -0.406 e. The molecule has 0 saturated carbocycles. The summed E-state index contributed by atoms with van der Waals surface area (Å²) in [5.41, 5.74) is 3.77. The van der Waals surface area contributed by atoms with Crippen molar-refractivity contribution in [3.05, 3.63) is 96.2 Å². The van der Waals surface area contributed by atoms with Crippen molar-refractivity contribution >= 4 is 27.7 Å². The monoisotopic (exact) mass is 505 g/mol. The summed E-state index contributed by atoms with van der Waals surface area (Å²) in [6.07, 6.45) is -2.50. The Bertz CT molecular complexity index is 1560. The van der Waals surface area contributed by atoms with Crippen LogP contribution in [0, 0.1) is 0 Å². The first-order valence-electron chi connectivity index (χ1n) is 11.5. The van der Waals surface area contributed by atoms with E-state index in [1.54, 1.807) is 30.3 Å². The molecule has 5 rings (SSSR count). The predicted molar refractivity (Wildman–Crippen MR) is 134 cm³/mol. The average molecular weight is 505 g/mol. The van der Waals surface area contributed by atoms with Crippen molar-refractivity contribution in [2.75, 3.05) is 6.61 Å². The lowest BCUT2D eigenvalue weighted by Gasteiger charge is -2.17. The molecule has 1 atom stereocenters. The van der Waals surface area contributed by atoms with Gasteiger partial charge in [0.1, 0.15) is 5.75 Å². The summed E-state index contributed by atoms with van der Waals surface area (Å²) in [5.74, 6) is -0.742. The van der Waals surface area contributed by atoms with Gasteiger partial charge in [0.05, 0.1) is 29.4 Å². The van der Waals surface area contributed by atoms with Crippen molar-refractivity contribution in [2.24, 2.45) is 0 Å². The van der Waals surface area contributed by atoms with Gasteiger partial charge in [-0.25, -0.2) is 4.98 Å². The molecule has 0 unspecified atom stereocenters. The van der Waals surface area contributed by atoms with Crippen LogP contribution in [-0.4, -0.2) is 40.0 Å². The van der Waals surface area contributed by atoms with Crippen molar-refractivity contribution in [2.45, 2.75) is 18.8 Å². The molecule has 6 nitrogen and oxygen atoms in total. The molecule has 0 spiro atoms. The number of carbonyl (C=O) groups excluding carboxylic acids is 1. The molecule has 0 fully saturated rings. The van der Waals surface area contributed by atoms with Gasteiger partial charge in [0.15, 0.2) is 0 Å². The van der Waals surface area contributed by atoms with Crippen LogP contribution in [-0.2, 0) is 6.42 Å². The van der Waals surface area contributed by atoms with Crippen LogP contribution in [0.1, 0.15) is 15.9 Å². The van der Waals surface area contributed by atoms with Gasteiger partial charge < -0.3 is 20.1 Å². The van der Waals surface area contributed by atoms with Crippen LogP contribution in [0.3, 0.4) is 0 Å². The van der Waals surface area contributed by atoms with Crippen molar-refractivity contribution in [3.8, 4) is 17.0 Å². The number of nitrogens with one attached hydrogen (secondary N) is 2.